The molecule has 0 spiro atoms. The molecular formula is C18H18FN5O2. The molecule has 0 radical (unpaired) electrons. The molecule has 0 amide bonds. The van der Waals surface area contributed by atoms with Gasteiger partial charge in [0, 0.05) is 12.2 Å². The number of halogens is 1. The van der Waals surface area contributed by atoms with E-state index in [9.17, 15) is 9.18 Å². The van der Waals surface area contributed by atoms with E-state index in [-0.39, 0.29) is 12.4 Å². The van der Waals surface area contributed by atoms with Crippen LogP contribution in [0.5, 0.6) is 0 Å². The highest BCUT2D eigenvalue weighted by Gasteiger charge is 2.15. The topological polar surface area (TPSA) is 81.9 Å². The number of aromatic nitrogens is 4. The minimum absolute atomic E-state index is 0.0171. The molecule has 0 saturated heterocycles. The number of tetrazole rings is 1. The third-order valence-electron chi connectivity index (χ3n) is 3.64. The van der Waals surface area contributed by atoms with Crippen molar-refractivity contribution in [1.82, 2.24) is 20.2 Å². The molecule has 1 aromatic heterocycles. The minimum atomic E-state index is -0.499. The second-order valence-electron chi connectivity index (χ2n) is 5.57. The Hall–Kier alpha value is -3.29. The van der Waals surface area contributed by atoms with Crippen molar-refractivity contribution in [2.24, 2.45) is 0 Å². The first kappa shape index (κ1) is 17.5. The van der Waals surface area contributed by atoms with Gasteiger partial charge in [-0.3, -0.25) is 0 Å². The van der Waals surface area contributed by atoms with Gasteiger partial charge in [-0.05, 0) is 53.2 Å². The van der Waals surface area contributed by atoms with Crippen molar-refractivity contribution < 1.29 is 13.9 Å². The molecule has 8 heteroatoms. The van der Waals surface area contributed by atoms with Crippen LogP contribution >= 0.6 is 0 Å². The highest BCUT2D eigenvalue weighted by atomic mass is 19.1. The number of para-hydroxylation sites is 1. The summed E-state index contributed by atoms with van der Waals surface area (Å²) in [6, 6.07) is 12.8. The first-order valence-electron chi connectivity index (χ1n) is 8.21. The maximum absolute atomic E-state index is 13.0. The van der Waals surface area contributed by atoms with Gasteiger partial charge in [0.25, 0.3) is 0 Å². The summed E-state index contributed by atoms with van der Waals surface area (Å²) >= 11 is 0. The molecule has 2 aromatic carbocycles. The summed E-state index contributed by atoms with van der Waals surface area (Å²) in [5.74, 6) is -0.335. The standard InChI is InChI=1S/C18H18FN5O2/c1-2-11-24-17(21-22-23-24)12-26-18(25)15-5-3-4-6-16(15)20-14-9-7-13(19)8-10-14/h3-10,20H,2,11-12H2,1H3. The fourth-order valence-electron chi connectivity index (χ4n) is 2.38. The maximum Gasteiger partial charge on any atom is 0.340 e. The monoisotopic (exact) mass is 355 g/mol. The molecule has 1 heterocycles. The number of esters is 1. The quantitative estimate of drug-likeness (QED) is 0.655. The zero-order valence-electron chi connectivity index (χ0n) is 14.2. The number of aryl methyl sites for hydroxylation is 1. The van der Waals surface area contributed by atoms with Crippen LogP contribution in [0.4, 0.5) is 15.8 Å². The molecule has 0 aliphatic rings. The average Bonchev–Trinajstić information content (AvgIpc) is 3.10. The van der Waals surface area contributed by atoms with Crippen LogP contribution in [0.1, 0.15) is 29.5 Å². The third kappa shape index (κ3) is 4.21. The number of carbonyl (C=O) groups excluding carboxylic acids is 1. The number of ether oxygens (including phenoxy) is 1. The number of rotatable bonds is 7. The van der Waals surface area contributed by atoms with Gasteiger partial charge in [0.15, 0.2) is 12.4 Å². The Bertz CT molecular complexity index is 879. The van der Waals surface area contributed by atoms with Gasteiger partial charge >= 0.3 is 5.97 Å². The Morgan fingerprint density at radius 1 is 1.19 bits per heavy atom. The summed E-state index contributed by atoms with van der Waals surface area (Å²) in [6.07, 6.45) is 0.871. The summed E-state index contributed by atoms with van der Waals surface area (Å²) in [4.78, 5) is 12.5. The average molecular weight is 355 g/mol. The number of carbonyl (C=O) groups is 1. The second-order valence-corrected chi connectivity index (χ2v) is 5.57. The molecule has 0 atom stereocenters. The highest BCUT2D eigenvalue weighted by molar-refractivity contribution is 5.96. The van der Waals surface area contributed by atoms with E-state index in [4.69, 9.17) is 4.74 Å². The van der Waals surface area contributed by atoms with E-state index in [0.717, 1.165) is 6.42 Å². The lowest BCUT2D eigenvalue weighted by Crippen LogP contribution is -2.12. The molecule has 0 fully saturated rings. The summed E-state index contributed by atoms with van der Waals surface area (Å²) in [5, 5.41) is 14.4. The zero-order valence-corrected chi connectivity index (χ0v) is 14.2. The van der Waals surface area contributed by atoms with E-state index < -0.39 is 5.97 Å². The van der Waals surface area contributed by atoms with E-state index in [0.29, 0.717) is 29.3 Å². The summed E-state index contributed by atoms with van der Waals surface area (Å²) < 4.78 is 20.0. The third-order valence-corrected chi connectivity index (χ3v) is 3.64. The van der Waals surface area contributed by atoms with Crippen LogP contribution in [0.25, 0.3) is 0 Å². The van der Waals surface area contributed by atoms with Crippen LogP contribution in [0.3, 0.4) is 0 Å². The van der Waals surface area contributed by atoms with Crippen LogP contribution in [0, 0.1) is 5.82 Å². The van der Waals surface area contributed by atoms with Gasteiger partial charge in [-0.2, -0.15) is 0 Å². The van der Waals surface area contributed by atoms with Crippen LogP contribution in [0.15, 0.2) is 48.5 Å². The normalized spacial score (nSPS) is 10.5. The summed E-state index contributed by atoms with van der Waals surface area (Å²) in [5.41, 5.74) is 1.60. The number of hydrogen-bond donors (Lipinski definition) is 1. The maximum atomic E-state index is 13.0. The number of nitrogens with one attached hydrogen (secondary N) is 1. The van der Waals surface area contributed by atoms with Crippen LogP contribution < -0.4 is 5.32 Å². The first-order valence-corrected chi connectivity index (χ1v) is 8.21. The Morgan fingerprint density at radius 3 is 2.73 bits per heavy atom. The lowest BCUT2D eigenvalue weighted by Gasteiger charge is -2.11. The Balaban J connectivity index is 1.71. The molecule has 134 valence electrons. The molecule has 0 unspecified atom stereocenters. The van der Waals surface area contributed by atoms with E-state index >= 15 is 0 Å². The Kier molecular flexibility index (Phi) is 5.52. The van der Waals surface area contributed by atoms with Crippen molar-refractivity contribution in [3.05, 3.63) is 65.7 Å². The molecule has 0 aliphatic heterocycles. The van der Waals surface area contributed by atoms with Gasteiger partial charge in [0.05, 0.1) is 11.3 Å². The summed E-state index contributed by atoms with van der Waals surface area (Å²) in [6.45, 7) is 2.65. The molecule has 26 heavy (non-hydrogen) atoms. The SMILES string of the molecule is CCCn1nnnc1COC(=O)c1ccccc1Nc1ccc(F)cc1. The Morgan fingerprint density at radius 2 is 1.96 bits per heavy atom. The molecular weight excluding hydrogens is 337 g/mol. The van der Waals surface area contributed by atoms with Gasteiger partial charge in [0.2, 0.25) is 0 Å². The predicted octanol–water partition coefficient (Wildman–Crippen LogP) is 3.32. The first-order chi connectivity index (χ1) is 12.7. The van der Waals surface area contributed by atoms with Gasteiger partial charge in [-0.15, -0.1) is 5.10 Å². The fourth-order valence-corrected chi connectivity index (χ4v) is 2.38. The minimum Gasteiger partial charge on any atom is -0.454 e. The number of nitrogens with zero attached hydrogens (tertiary/aromatic N) is 4. The number of anilines is 2. The second kappa shape index (κ2) is 8.19. The van der Waals surface area contributed by atoms with Crippen LogP contribution in [-0.2, 0) is 17.9 Å². The lowest BCUT2D eigenvalue weighted by molar-refractivity contribution is 0.0457. The van der Waals surface area contributed by atoms with Gasteiger partial charge in [-0.25, -0.2) is 13.9 Å². The molecule has 0 bridgehead atoms. The van der Waals surface area contributed by atoms with Gasteiger partial charge in [0.1, 0.15) is 5.82 Å². The van der Waals surface area contributed by atoms with Gasteiger partial charge < -0.3 is 10.1 Å². The molecule has 7 nitrogen and oxygen atoms in total. The predicted molar refractivity (Wildman–Crippen MR) is 93.4 cm³/mol. The summed E-state index contributed by atoms with van der Waals surface area (Å²) in [7, 11) is 0. The molecule has 0 aliphatic carbocycles. The van der Waals surface area contributed by atoms with Crippen LogP contribution in [0.2, 0.25) is 0 Å². The van der Waals surface area contributed by atoms with E-state index in [2.05, 4.69) is 20.8 Å². The Labute approximate surface area is 149 Å². The van der Waals surface area contributed by atoms with Gasteiger partial charge in [-0.1, -0.05) is 19.1 Å². The largest absolute Gasteiger partial charge is 0.454 e. The van der Waals surface area contributed by atoms with E-state index in [1.807, 2.05) is 6.92 Å². The zero-order chi connectivity index (χ0) is 18.4. The molecule has 1 N–H and O–H groups in total. The number of hydrogen-bond acceptors (Lipinski definition) is 6. The molecule has 3 rings (SSSR count). The molecule has 3 aromatic rings. The van der Waals surface area contributed by atoms with Crippen LogP contribution in [-0.4, -0.2) is 26.2 Å². The van der Waals surface area contributed by atoms with Crippen molar-refractivity contribution in [2.75, 3.05) is 5.32 Å². The van der Waals surface area contributed by atoms with Crippen molar-refractivity contribution in [3.63, 3.8) is 0 Å². The van der Waals surface area contributed by atoms with Crippen molar-refractivity contribution >= 4 is 17.3 Å². The fraction of sp³-hybridized carbons (Fsp3) is 0.222. The lowest BCUT2D eigenvalue weighted by atomic mass is 10.1. The van der Waals surface area contributed by atoms with E-state index in [1.165, 1.54) is 12.1 Å². The molecule has 0 saturated carbocycles. The highest BCUT2D eigenvalue weighted by Crippen LogP contribution is 2.22. The van der Waals surface area contributed by atoms with Crippen molar-refractivity contribution in [1.29, 1.82) is 0 Å². The van der Waals surface area contributed by atoms with Crippen molar-refractivity contribution in [2.45, 2.75) is 26.5 Å². The smallest absolute Gasteiger partial charge is 0.340 e. The van der Waals surface area contributed by atoms with E-state index in [1.54, 1.807) is 41.1 Å². The van der Waals surface area contributed by atoms with Crippen molar-refractivity contribution in [3.8, 4) is 0 Å². The number of benzene rings is 2.